The van der Waals surface area contributed by atoms with Gasteiger partial charge in [0.15, 0.2) is 0 Å². The van der Waals surface area contributed by atoms with Gasteiger partial charge < -0.3 is 24.9 Å². The second-order valence-corrected chi connectivity index (χ2v) is 3.86. The minimum Gasteiger partial charge on any atom is -0.326 e. The maximum Gasteiger partial charge on any atom is 0.314 e. The van der Waals surface area contributed by atoms with E-state index in [0.29, 0.717) is 0 Å². The van der Waals surface area contributed by atoms with Gasteiger partial charge in [-0.1, -0.05) is 12.8 Å². The van der Waals surface area contributed by atoms with E-state index in [1.807, 2.05) is 0 Å². The average Bonchev–Trinajstić information content (AvgIpc) is 2.31. The Morgan fingerprint density at radius 1 is 0.706 bits per heavy atom. The predicted molar refractivity (Wildman–Crippen MR) is 69.7 cm³/mol. The molecule has 5 N–H and O–H groups in total. The Hall–Kier alpha value is 2.26. The van der Waals surface area contributed by atoms with Crippen molar-refractivity contribution >= 4 is 75.6 Å². The first-order chi connectivity index (χ1) is 6.96. The summed E-state index contributed by atoms with van der Waals surface area (Å²) < 4.78 is 17.5. The van der Waals surface area contributed by atoms with Crippen molar-refractivity contribution in [3.05, 3.63) is 0 Å². The van der Waals surface area contributed by atoms with Crippen LogP contribution in [-0.4, -0.2) is 91.8 Å². The molecule has 96 valence electrons. The molecule has 1 rings (SSSR count). The molecule has 0 aromatic heterocycles. The second-order valence-electron chi connectivity index (χ2n) is 2.73. The summed E-state index contributed by atoms with van der Waals surface area (Å²) in [5.41, 5.74) is 0. The molecule has 1 heterocycles. The molecule has 0 bridgehead atoms. The topological polar surface area (TPSA) is 127 Å². The third kappa shape index (κ3) is 56.3. The van der Waals surface area contributed by atoms with Crippen LogP contribution in [0.25, 0.3) is 0 Å². The molecule has 0 aromatic carbocycles. The summed E-state index contributed by atoms with van der Waals surface area (Å²) in [6.45, 7) is 2.50. The van der Waals surface area contributed by atoms with Crippen LogP contribution in [0.4, 0.5) is 0 Å². The monoisotopic (exact) mass is 309 g/mol. The smallest absolute Gasteiger partial charge is 0.314 e. The molecular weight excluding hydrogens is 290 g/mol. The molecule has 1 fully saturated rings. The molecule has 0 saturated carbocycles. The van der Waals surface area contributed by atoms with Crippen molar-refractivity contribution in [3.8, 4) is 0 Å². The Morgan fingerprint density at radius 3 is 1.18 bits per heavy atom. The fraction of sp³-hybridized carbons (Fsp3) is 1.00. The summed E-state index contributed by atoms with van der Waals surface area (Å²) in [6.07, 6.45) is 5.65. The Kier molecular flexibility index (Phi) is 37.9. The summed E-state index contributed by atoms with van der Waals surface area (Å²) in [5, 5.41) is 3.35. The third-order valence-electron chi connectivity index (χ3n) is 1.46. The van der Waals surface area contributed by atoms with Gasteiger partial charge in [0.25, 0.3) is 0 Å². The van der Waals surface area contributed by atoms with Crippen LogP contribution in [-0.2, 0) is 9.13 Å². The molecule has 17 heavy (non-hydrogen) atoms. The van der Waals surface area contributed by atoms with Gasteiger partial charge >= 0.3 is 16.5 Å². The van der Waals surface area contributed by atoms with Crippen LogP contribution < -0.4 is 5.32 Å². The summed E-state index contributed by atoms with van der Waals surface area (Å²) in [4.78, 5) is 28.6. The average molecular weight is 309 g/mol. The van der Waals surface area contributed by atoms with Gasteiger partial charge in [0.2, 0.25) is 0 Å². The van der Waals surface area contributed by atoms with Crippen molar-refractivity contribution in [3.63, 3.8) is 0 Å². The van der Waals surface area contributed by atoms with E-state index in [-0.39, 0.29) is 59.1 Å². The molecule has 11 heteroatoms. The van der Waals surface area contributed by atoms with Crippen molar-refractivity contribution in [2.45, 2.75) is 25.7 Å². The van der Waals surface area contributed by atoms with Gasteiger partial charge in [-0.25, -0.2) is 0 Å². The van der Waals surface area contributed by atoms with E-state index < -0.39 is 16.5 Å². The van der Waals surface area contributed by atoms with Crippen molar-refractivity contribution < 1.29 is 28.7 Å². The van der Waals surface area contributed by atoms with Gasteiger partial charge in [-0.3, -0.25) is 9.13 Å². The van der Waals surface area contributed by atoms with E-state index in [1.165, 1.54) is 38.8 Å². The first-order valence-electron chi connectivity index (χ1n) is 4.51. The maximum absolute atomic E-state index is 8.74. The van der Waals surface area contributed by atoms with E-state index in [1.54, 1.807) is 0 Å². The molecule has 0 spiro atoms. The van der Waals surface area contributed by atoms with E-state index in [2.05, 4.69) is 5.32 Å². The van der Waals surface area contributed by atoms with Crippen LogP contribution in [0.5, 0.6) is 0 Å². The predicted octanol–water partition coefficient (Wildman–Crippen LogP) is -0.890. The van der Waals surface area contributed by atoms with Crippen molar-refractivity contribution in [2.75, 3.05) is 13.1 Å². The Bertz CT molecular complexity index is 148. The first-order valence-corrected chi connectivity index (χ1v) is 7.12. The van der Waals surface area contributed by atoms with E-state index in [0.717, 1.165) is 0 Å². The van der Waals surface area contributed by atoms with Gasteiger partial charge in [0.1, 0.15) is 0 Å². The molecule has 0 aliphatic carbocycles. The molecule has 1 aliphatic rings. The fourth-order valence-electron chi connectivity index (χ4n) is 0.979. The van der Waals surface area contributed by atoms with E-state index in [4.69, 9.17) is 28.7 Å². The van der Waals surface area contributed by atoms with Crippen molar-refractivity contribution in [1.82, 2.24) is 5.32 Å². The van der Waals surface area contributed by atoms with E-state index >= 15 is 0 Å². The van der Waals surface area contributed by atoms with Crippen LogP contribution in [0.15, 0.2) is 0 Å². The van der Waals surface area contributed by atoms with Crippen molar-refractivity contribution in [2.24, 2.45) is 0 Å². The van der Waals surface area contributed by atoms with E-state index in [9.17, 15) is 0 Å². The zero-order valence-electron chi connectivity index (χ0n) is 10.3. The fourth-order valence-corrected chi connectivity index (χ4v) is 0.979. The van der Waals surface area contributed by atoms with Gasteiger partial charge in [-0.15, -0.1) is 0 Å². The summed E-state index contributed by atoms with van der Waals surface area (Å²) in [5.74, 6) is 0. The summed E-state index contributed by atoms with van der Waals surface area (Å²) in [6, 6.07) is 0. The number of hydrogen-bond acceptors (Lipinski definition) is 3. The molecule has 0 amide bonds. The number of nitrogens with one attached hydrogen (secondary N) is 1. The molecular formula is C6H19NNa2O6P2. The van der Waals surface area contributed by atoms with Crippen LogP contribution in [0, 0.1) is 0 Å². The molecule has 2 radical (unpaired) electrons. The van der Waals surface area contributed by atoms with Crippen molar-refractivity contribution in [1.29, 1.82) is 0 Å². The molecule has 0 atom stereocenters. The van der Waals surface area contributed by atoms with Crippen LogP contribution in [0.1, 0.15) is 25.7 Å². The normalized spacial score (nSPS) is 14.0. The minimum atomic E-state index is -3.13. The van der Waals surface area contributed by atoms with Gasteiger partial charge in [-0.2, -0.15) is 0 Å². The Morgan fingerprint density at radius 2 is 0.941 bits per heavy atom. The molecule has 0 unspecified atom stereocenters. The minimum absolute atomic E-state index is 0. The quantitative estimate of drug-likeness (QED) is 0.290. The van der Waals surface area contributed by atoms with Gasteiger partial charge in [-0.05, 0) is 25.9 Å². The maximum atomic E-state index is 8.74. The third-order valence-corrected chi connectivity index (χ3v) is 1.46. The second kappa shape index (κ2) is 23.4. The SMILES string of the molecule is C1CCCNCC1.O=[PH](O)O.O=[PH](O)O.[Na].[Na]. The molecule has 1 aliphatic heterocycles. The van der Waals surface area contributed by atoms with Crippen LogP contribution in [0.2, 0.25) is 0 Å². The van der Waals surface area contributed by atoms with Crippen LogP contribution in [0.3, 0.4) is 0 Å². The molecule has 1 saturated heterocycles. The largest absolute Gasteiger partial charge is 0.326 e. The molecule has 0 aromatic rings. The zero-order valence-corrected chi connectivity index (χ0v) is 16.3. The van der Waals surface area contributed by atoms with Gasteiger partial charge in [0.05, 0.1) is 0 Å². The number of hydrogen-bond donors (Lipinski definition) is 5. The summed E-state index contributed by atoms with van der Waals surface area (Å²) >= 11 is 0. The van der Waals surface area contributed by atoms with Crippen LogP contribution >= 0.6 is 16.5 Å². The first kappa shape index (κ1) is 27.6. The zero-order chi connectivity index (χ0) is 12.1. The molecule has 7 nitrogen and oxygen atoms in total. The van der Waals surface area contributed by atoms with Gasteiger partial charge in [0, 0.05) is 59.1 Å². The Labute approximate surface area is 147 Å². The Balaban J connectivity index is -0.0000000755. The standard InChI is InChI=1S/C6H13N.2Na.2H3O3P/c1-2-4-6-7-5-3-1;;;2*1-4(2)3/h7H,1-6H2;;;2*4H,(H2,1,2,3). The summed E-state index contributed by atoms with van der Waals surface area (Å²) in [7, 11) is -6.26. The number of rotatable bonds is 0.